The van der Waals surface area contributed by atoms with Crippen molar-refractivity contribution in [3.05, 3.63) is 71.3 Å². The van der Waals surface area contributed by atoms with Crippen LogP contribution >= 0.6 is 0 Å². The molecule has 2 aromatic carbocycles. The van der Waals surface area contributed by atoms with E-state index in [2.05, 4.69) is 93.0 Å². The molecule has 0 spiro atoms. The van der Waals surface area contributed by atoms with Crippen LogP contribution in [0, 0.1) is 0 Å². The standard InChI is InChI=1S/C25H31NOSeSi/c1-24(2)17-12-8-10-14-20(17)26(21-15-11-9-13-18(21)24)23-19(25(3,4)27)16-22(28-23)29(5,6)7/h8-16,27H,1-7H3. The Morgan fingerprint density at radius 2 is 1.38 bits per heavy atom. The minimum absolute atomic E-state index is 0.0558. The van der Waals surface area contributed by atoms with Gasteiger partial charge in [0.2, 0.25) is 0 Å². The topological polar surface area (TPSA) is 23.5 Å². The van der Waals surface area contributed by atoms with Gasteiger partial charge in [0.1, 0.15) is 0 Å². The molecule has 29 heavy (non-hydrogen) atoms. The third kappa shape index (κ3) is 3.36. The maximum atomic E-state index is 11.1. The molecule has 1 aliphatic heterocycles. The Bertz CT molecular complexity index is 1020. The van der Waals surface area contributed by atoms with E-state index in [-0.39, 0.29) is 19.9 Å². The van der Waals surface area contributed by atoms with E-state index in [1.54, 1.807) is 4.06 Å². The van der Waals surface area contributed by atoms with Crippen molar-refractivity contribution in [3.8, 4) is 0 Å². The number of aliphatic hydroxyl groups is 1. The summed E-state index contributed by atoms with van der Waals surface area (Å²) in [5.74, 6) is 0. The van der Waals surface area contributed by atoms with Gasteiger partial charge < -0.3 is 0 Å². The first kappa shape index (κ1) is 20.7. The summed E-state index contributed by atoms with van der Waals surface area (Å²) < 4.78 is 2.86. The van der Waals surface area contributed by atoms with E-state index in [4.69, 9.17) is 0 Å². The number of fused-ring (bicyclic) bond motifs is 2. The van der Waals surface area contributed by atoms with Crippen molar-refractivity contribution in [2.45, 2.75) is 58.4 Å². The summed E-state index contributed by atoms with van der Waals surface area (Å²) in [6, 6.07) is 19.9. The van der Waals surface area contributed by atoms with E-state index < -0.39 is 13.7 Å². The van der Waals surface area contributed by atoms with E-state index in [9.17, 15) is 5.11 Å². The Hall–Kier alpha value is -1.58. The molecule has 1 aliphatic rings. The van der Waals surface area contributed by atoms with Gasteiger partial charge >= 0.3 is 182 Å². The molecule has 0 radical (unpaired) electrons. The molecule has 0 fully saturated rings. The van der Waals surface area contributed by atoms with Gasteiger partial charge in [0.05, 0.1) is 0 Å². The van der Waals surface area contributed by atoms with Crippen LogP contribution in [0.1, 0.15) is 44.4 Å². The summed E-state index contributed by atoms with van der Waals surface area (Å²) >= 11 is 0.210. The number of rotatable bonds is 3. The molecule has 1 aromatic heterocycles. The predicted molar refractivity (Wildman–Crippen MR) is 128 cm³/mol. The number of anilines is 3. The van der Waals surface area contributed by atoms with Crippen LogP contribution in [0.3, 0.4) is 0 Å². The van der Waals surface area contributed by atoms with Crippen LogP contribution in [0.15, 0.2) is 54.6 Å². The Morgan fingerprint density at radius 1 is 0.897 bits per heavy atom. The van der Waals surface area contributed by atoms with E-state index in [1.807, 2.05) is 13.8 Å². The molecule has 0 atom stereocenters. The molecule has 2 heterocycles. The normalized spacial score (nSPS) is 15.8. The number of para-hydroxylation sites is 2. The van der Waals surface area contributed by atoms with Crippen LogP contribution in [-0.2, 0) is 11.0 Å². The van der Waals surface area contributed by atoms with Crippen LogP contribution in [0.5, 0.6) is 0 Å². The second-order valence-corrected chi connectivity index (χ2v) is 18.1. The van der Waals surface area contributed by atoms with Crippen molar-refractivity contribution < 1.29 is 5.11 Å². The summed E-state index contributed by atoms with van der Waals surface area (Å²) in [7, 11) is -1.45. The van der Waals surface area contributed by atoms with Gasteiger partial charge in [0.15, 0.2) is 0 Å². The maximum absolute atomic E-state index is 11.1. The Labute approximate surface area is 182 Å². The van der Waals surface area contributed by atoms with Gasteiger partial charge in [-0.05, 0) is 0 Å². The molecule has 4 rings (SSSR count). The SMILES string of the molecule is CC(C)(O)c1cc([Si](C)(C)C)[se]c1N1c2ccccc2C(C)(C)c2ccccc21. The first-order chi connectivity index (χ1) is 13.4. The fourth-order valence-electron chi connectivity index (χ4n) is 4.24. The summed E-state index contributed by atoms with van der Waals surface area (Å²) in [5.41, 5.74) is 5.35. The van der Waals surface area contributed by atoms with Gasteiger partial charge in [-0.15, -0.1) is 0 Å². The Balaban J connectivity index is 2.06. The minimum atomic E-state index is -1.45. The molecular formula is C25H31NOSeSi. The van der Waals surface area contributed by atoms with Crippen molar-refractivity contribution >= 4 is 42.6 Å². The monoisotopic (exact) mass is 469 g/mol. The fourth-order valence-corrected chi connectivity index (χ4v) is 9.85. The molecule has 0 saturated heterocycles. The zero-order chi connectivity index (χ0) is 21.2. The Morgan fingerprint density at radius 3 is 1.83 bits per heavy atom. The molecule has 0 unspecified atom stereocenters. The van der Waals surface area contributed by atoms with E-state index in [0.717, 1.165) is 5.56 Å². The van der Waals surface area contributed by atoms with Gasteiger partial charge in [0.25, 0.3) is 0 Å². The third-order valence-corrected chi connectivity index (χ3v) is 13.9. The molecule has 4 heteroatoms. The van der Waals surface area contributed by atoms with Crippen LogP contribution < -0.4 is 8.96 Å². The van der Waals surface area contributed by atoms with Gasteiger partial charge in [-0.25, -0.2) is 0 Å². The molecule has 0 saturated carbocycles. The molecule has 0 amide bonds. The van der Waals surface area contributed by atoms with E-state index in [0.29, 0.717) is 0 Å². The summed E-state index contributed by atoms with van der Waals surface area (Å²) in [5, 5.41) is 11.1. The van der Waals surface area contributed by atoms with Crippen LogP contribution in [-0.4, -0.2) is 27.7 Å². The van der Waals surface area contributed by atoms with E-state index in [1.165, 1.54) is 27.1 Å². The predicted octanol–water partition coefficient (Wildman–Crippen LogP) is 5.63. The van der Waals surface area contributed by atoms with Gasteiger partial charge in [0, 0.05) is 0 Å². The fraction of sp³-hybridized carbons (Fsp3) is 0.360. The summed E-state index contributed by atoms with van der Waals surface area (Å²) in [6.45, 7) is 15.7. The molecule has 0 aliphatic carbocycles. The molecule has 0 bridgehead atoms. The van der Waals surface area contributed by atoms with Crippen molar-refractivity contribution in [3.63, 3.8) is 0 Å². The average molecular weight is 469 g/mol. The van der Waals surface area contributed by atoms with Gasteiger partial charge in [-0.3, -0.25) is 0 Å². The Kier molecular flexibility index (Phi) is 4.79. The third-order valence-electron chi connectivity index (χ3n) is 5.95. The zero-order valence-corrected chi connectivity index (χ0v) is 21.2. The first-order valence-electron chi connectivity index (χ1n) is 10.3. The van der Waals surface area contributed by atoms with Gasteiger partial charge in [-0.2, -0.15) is 0 Å². The quantitative estimate of drug-likeness (QED) is 0.504. The molecular weight excluding hydrogens is 437 g/mol. The van der Waals surface area contributed by atoms with Crippen LogP contribution in [0.4, 0.5) is 15.9 Å². The number of hydrogen-bond donors (Lipinski definition) is 1. The summed E-state index contributed by atoms with van der Waals surface area (Å²) in [4.78, 5) is 2.45. The number of benzene rings is 2. The summed E-state index contributed by atoms with van der Waals surface area (Å²) in [6.07, 6.45) is 0. The van der Waals surface area contributed by atoms with E-state index >= 15 is 0 Å². The van der Waals surface area contributed by atoms with Crippen molar-refractivity contribution in [2.24, 2.45) is 0 Å². The first-order valence-corrected chi connectivity index (χ1v) is 15.5. The van der Waals surface area contributed by atoms with Gasteiger partial charge in [-0.1, -0.05) is 0 Å². The molecule has 2 nitrogen and oxygen atoms in total. The van der Waals surface area contributed by atoms with Crippen LogP contribution in [0.25, 0.3) is 0 Å². The zero-order valence-electron chi connectivity index (χ0n) is 18.5. The molecule has 3 aromatic rings. The van der Waals surface area contributed by atoms with Crippen LogP contribution in [0.2, 0.25) is 19.6 Å². The average Bonchev–Trinajstić information content (AvgIpc) is 3.08. The number of hydrogen-bond acceptors (Lipinski definition) is 2. The second-order valence-electron chi connectivity index (χ2n) is 10.1. The molecule has 152 valence electrons. The second kappa shape index (κ2) is 6.71. The van der Waals surface area contributed by atoms with Crippen molar-refractivity contribution in [2.75, 3.05) is 4.90 Å². The number of nitrogens with zero attached hydrogens (tertiary/aromatic N) is 1. The van der Waals surface area contributed by atoms with Crippen molar-refractivity contribution in [1.82, 2.24) is 0 Å². The molecule has 1 N–H and O–H groups in total. The van der Waals surface area contributed by atoms with Crippen molar-refractivity contribution in [1.29, 1.82) is 0 Å².